The minimum absolute atomic E-state index is 0.0462. The summed E-state index contributed by atoms with van der Waals surface area (Å²) in [6.07, 6.45) is 4.46. The first-order chi connectivity index (χ1) is 7.66. The standard InChI is InChI=1S/C10H14N4O2/c1-14(6-7-4-11-12-5-7)10(16)8-2-3-9(15)13-8/h4-5,8H,2-3,6H2,1H3,(H,11,12)(H,13,15). The van der Waals surface area contributed by atoms with Crippen molar-refractivity contribution in [3.05, 3.63) is 18.0 Å². The van der Waals surface area contributed by atoms with Gasteiger partial charge in [-0.05, 0) is 6.42 Å². The van der Waals surface area contributed by atoms with Crippen molar-refractivity contribution in [2.75, 3.05) is 7.05 Å². The van der Waals surface area contributed by atoms with Crippen LogP contribution < -0.4 is 5.32 Å². The van der Waals surface area contributed by atoms with Crippen molar-refractivity contribution >= 4 is 11.8 Å². The number of aromatic nitrogens is 2. The van der Waals surface area contributed by atoms with Crippen LogP contribution in [-0.2, 0) is 16.1 Å². The van der Waals surface area contributed by atoms with E-state index in [0.29, 0.717) is 19.4 Å². The van der Waals surface area contributed by atoms with Crippen LogP contribution in [0.15, 0.2) is 12.4 Å². The fourth-order valence-electron chi connectivity index (χ4n) is 1.78. The number of aromatic amines is 1. The highest BCUT2D eigenvalue weighted by Crippen LogP contribution is 2.10. The van der Waals surface area contributed by atoms with Crippen molar-refractivity contribution < 1.29 is 9.59 Å². The van der Waals surface area contributed by atoms with Crippen LogP contribution in [0, 0.1) is 0 Å². The number of likely N-dealkylation sites (N-methyl/N-ethyl adjacent to an activating group) is 1. The summed E-state index contributed by atoms with van der Waals surface area (Å²) in [5, 5.41) is 9.16. The van der Waals surface area contributed by atoms with E-state index in [4.69, 9.17) is 0 Å². The first kappa shape index (κ1) is 10.7. The molecular weight excluding hydrogens is 208 g/mol. The Balaban J connectivity index is 1.92. The molecule has 0 radical (unpaired) electrons. The molecule has 1 saturated heterocycles. The van der Waals surface area contributed by atoms with Crippen molar-refractivity contribution in [1.82, 2.24) is 20.4 Å². The molecule has 86 valence electrons. The lowest BCUT2D eigenvalue weighted by atomic mass is 10.2. The first-order valence-electron chi connectivity index (χ1n) is 5.19. The fourth-order valence-corrected chi connectivity index (χ4v) is 1.78. The first-order valence-corrected chi connectivity index (χ1v) is 5.19. The smallest absolute Gasteiger partial charge is 0.245 e. The lowest BCUT2D eigenvalue weighted by Gasteiger charge is -2.20. The number of nitrogens with one attached hydrogen (secondary N) is 2. The molecule has 6 heteroatoms. The van der Waals surface area contributed by atoms with Crippen molar-refractivity contribution in [3.8, 4) is 0 Å². The van der Waals surface area contributed by atoms with Gasteiger partial charge in [-0.15, -0.1) is 0 Å². The Morgan fingerprint density at radius 2 is 2.50 bits per heavy atom. The molecule has 2 rings (SSSR count). The summed E-state index contributed by atoms with van der Waals surface area (Å²) >= 11 is 0. The Kier molecular flexibility index (Phi) is 2.89. The Bertz CT molecular complexity index is 388. The third-order valence-electron chi connectivity index (χ3n) is 2.64. The van der Waals surface area contributed by atoms with Gasteiger partial charge in [0.25, 0.3) is 0 Å². The Labute approximate surface area is 93.0 Å². The second-order valence-electron chi connectivity index (χ2n) is 3.96. The largest absolute Gasteiger partial charge is 0.344 e. The molecule has 0 saturated carbocycles. The minimum atomic E-state index is -0.357. The van der Waals surface area contributed by atoms with Gasteiger partial charge in [-0.25, -0.2) is 0 Å². The topological polar surface area (TPSA) is 78.1 Å². The molecule has 1 atom stereocenters. The van der Waals surface area contributed by atoms with Crippen LogP contribution in [0.2, 0.25) is 0 Å². The highest BCUT2D eigenvalue weighted by atomic mass is 16.2. The molecule has 1 unspecified atom stereocenters. The third-order valence-corrected chi connectivity index (χ3v) is 2.64. The van der Waals surface area contributed by atoms with Gasteiger partial charge in [-0.3, -0.25) is 14.7 Å². The highest BCUT2D eigenvalue weighted by molar-refractivity contribution is 5.90. The number of carbonyl (C=O) groups excluding carboxylic acids is 2. The monoisotopic (exact) mass is 222 g/mol. The maximum atomic E-state index is 11.9. The molecule has 0 aromatic carbocycles. The van der Waals surface area contributed by atoms with E-state index < -0.39 is 0 Å². The summed E-state index contributed by atoms with van der Waals surface area (Å²) in [6, 6.07) is -0.357. The second kappa shape index (κ2) is 4.34. The second-order valence-corrected chi connectivity index (χ2v) is 3.96. The molecule has 1 fully saturated rings. The molecule has 1 aromatic heterocycles. The Morgan fingerprint density at radius 1 is 1.69 bits per heavy atom. The zero-order valence-corrected chi connectivity index (χ0v) is 9.06. The van der Waals surface area contributed by atoms with Gasteiger partial charge in [0.1, 0.15) is 6.04 Å². The van der Waals surface area contributed by atoms with Crippen LogP contribution in [0.1, 0.15) is 18.4 Å². The van der Waals surface area contributed by atoms with Gasteiger partial charge in [0, 0.05) is 31.8 Å². The van der Waals surface area contributed by atoms with Crippen LogP contribution >= 0.6 is 0 Å². The molecule has 0 spiro atoms. The number of H-pyrrole nitrogens is 1. The van der Waals surface area contributed by atoms with Gasteiger partial charge in [0.05, 0.1) is 6.20 Å². The number of hydrogen-bond acceptors (Lipinski definition) is 3. The van der Waals surface area contributed by atoms with E-state index in [-0.39, 0.29) is 17.9 Å². The maximum Gasteiger partial charge on any atom is 0.245 e. The summed E-state index contributed by atoms with van der Waals surface area (Å²) in [5.74, 6) is -0.0953. The molecule has 0 aliphatic carbocycles. The summed E-state index contributed by atoms with van der Waals surface area (Å²) in [5.41, 5.74) is 0.945. The molecule has 2 amide bonds. The number of rotatable bonds is 3. The van der Waals surface area contributed by atoms with Crippen LogP contribution in [0.25, 0.3) is 0 Å². The predicted octanol–water partition coefficient (Wildman–Crippen LogP) is -0.353. The van der Waals surface area contributed by atoms with E-state index in [9.17, 15) is 9.59 Å². The SMILES string of the molecule is CN(Cc1cn[nH]c1)C(=O)C1CCC(=O)N1. The van der Waals surface area contributed by atoms with E-state index in [1.165, 1.54) is 0 Å². The molecule has 1 aliphatic heterocycles. The molecule has 2 heterocycles. The zero-order valence-electron chi connectivity index (χ0n) is 9.06. The van der Waals surface area contributed by atoms with Crippen molar-refractivity contribution in [3.63, 3.8) is 0 Å². The van der Waals surface area contributed by atoms with Crippen molar-refractivity contribution in [2.45, 2.75) is 25.4 Å². The lowest BCUT2D eigenvalue weighted by Crippen LogP contribution is -2.42. The number of hydrogen-bond donors (Lipinski definition) is 2. The van der Waals surface area contributed by atoms with Gasteiger partial charge >= 0.3 is 0 Å². The van der Waals surface area contributed by atoms with E-state index in [1.807, 2.05) is 0 Å². The van der Waals surface area contributed by atoms with Crippen molar-refractivity contribution in [1.29, 1.82) is 0 Å². The van der Waals surface area contributed by atoms with Gasteiger partial charge < -0.3 is 10.2 Å². The molecule has 1 aliphatic rings. The molecule has 16 heavy (non-hydrogen) atoms. The van der Waals surface area contributed by atoms with Crippen LogP contribution in [-0.4, -0.2) is 40.0 Å². The number of carbonyl (C=O) groups is 2. The summed E-state index contributed by atoms with van der Waals surface area (Å²) in [4.78, 5) is 24.5. The molecule has 6 nitrogen and oxygen atoms in total. The van der Waals surface area contributed by atoms with E-state index >= 15 is 0 Å². The molecular formula is C10H14N4O2. The number of amides is 2. The highest BCUT2D eigenvalue weighted by Gasteiger charge is 2.29. The molecule has 1 aromatic rings. The quantitative estimate of drug-likeness (QED) is 0.733. The normalized spacial score (nSPS) is 19.6. The summed E-state index contributed by atoms with van der Waals surface area (Å²) in [6.45, 7) is 0.502. The zero-order chi connectivity index (χ0) is 11.5. The van der Waals surface area contributed by atoms with Crippen molar-refractivity contribution in [2.24, 2.45) is 0 Å². The van der Waals surface area contributed by atoms with Gasteiger partial charge in [-0.2, -0.15) is 5.10 Å². The number of nitrogens with zero attached hydrogens (tertiary/aromatic N) is 2. The lowest BCUT2D eigenvalue weighted by molar-refractivity contribution is -0.133. The maximum absolute atomic E-state index is 11.9. The molecule has 0 bridgehead atoms. The predicted molar refractivity (Wildman–Crippen MR) is 56.2 cm³/mol. The van der Waals surface area contributed by atoms with Crippen LogP contribution in [0.3, 0.4) is 0 Å². The van der Waals surface area contributed by atoms with Gasteiger partial charge in [0.15, 0.2) is 0 Å². The van der Waals surface area contributed by atoms with E-state index in [1.54, 1.807) is 24.3 Å². The average Bonchev–Trinajstić information content (AvgIpc) is 2.88. The molecule has 2 N–H and O–H groups in total. The van der Waals surface area contributed by atoms with Crippen LogP contribution in [0.5, 0.6) is 0 Å². The summed E-state index contributed by atoms with van der Waals surface area (Å²) in [7, 11) is 1.72. The van der Waals surface area contributed by atoms with Gasteiger partial charge in [-0.1, -0.05) is 0 Å². The summed E-state index contributed by atoms with van der Waals surface area (Å²) < 4.78 is 0. The fraction of sp³-hybridized carbons (Fsp3) is 0.500. The van der Waals surface area contributed by atoms with Gasteiger partial charge in [0.2, 0.25) is 11.8 Å². The average molecular weight is 222 g/mol. The Hall–Kier alpha value is -1.85. The third kappa shape index (κ3) is 2.21. The van der Waals surface area contributed by atoms with E-state index in [0.717, 1.165) is 5.56 Å². The Morgan fingerprint density at radius 3 is 3.06 bits per heavy atom. The van der Waals surface area contributed by atoms with Crippen LogP contribution in [0.4, 0.5) is 0 Å². The van der Waals surface area contributed by atoms with E-state index in [2.05, 4.69) is 15.5 Å². The minimum Gasteiger partial charge on any atom is -0.344 e.